The van der Waals surface area contributed by atoms with Crippen LogP contribution >= 0.6 is 24.8 Å². The van der Waals surface area contributed by atoms with Crippen molar-refractivity contribution in [3.05, 3.63) is 29.6 Å². The zero-order valence-corrected chi connectivity index (χ0v) is 15.9. The molecule has 0 radical (unpaired) electrons. The summed E-state index contributed by atoms with van der Waals surface area (Å²) >= 11 is 0. The number of halogens is 5. The fraction of sp³-hybridized carbons (Fsp3) is 0.500. The number of fused-ring (bicyclic) bond motifs is 1. The molecule has 10 heteroatoms. The van der Waals surface area contributed by atoms with Crippen LogP contribution in [-0.2, 0) is 6.18 Å². The van der Waals surface area contributed by atoms with Crippen LogP contribution in [0.25, 0.3) is 11.0 Å². The van der Waals surface area contributed by atoms with Gasteiger partial charge in [-0.2, -0.15) is 13.2 Å². The molecular formula is C16H21Cl2F3N4O. The van der Waals surface area contributed by atoms with E-state index in [-0.39, 0.29) is 42.3 Å². The van der Waals surface area contributed by atoms with Crippen LogP contribution in [0.2, 0.25) is 0 Å². The molecule has 0 saturated carbocycles. The number of aromatic nitrogens is 2. The maximum absolute atomic E-state index is 13.2. The maximum atomic E-state index is 13.2. The predicted octanol–water partition coefficient (Wildman–Crippen LogP) is 3.65. The summed E-state index contributed by atoms with van der Waals surface area (Å²) in [5.74, 6) is -1.17. The Morgan fingerprint density at radius 1 is 1.31 bits per heavy atom. The Balaban J connectivity index is 0.00000169. The highest BCUT2D eigenvalue weighted by atomic mass is 35.5. The smallest absolute Gasteiger partial charge is 0.337 e. The molecule has 2 aromatic rings. The van der Waals surface area contributed by atoms with E-state index in [1.807, 2.05) is 0 Å². The van der Waals surface area contributed by atoms with Gasteiger partial charge in [-0.3, -0.25) is 4.79 Å². The van der Waals surface area contributed by atoms with Crippen LogP contribution in [0, 0.1) is 0 Å². The van der Waals surface area contributed by atoms with Crippen molar-refractivity contribution in [3.8, 4) is 0 Å². The first-order valence-electron chi connectivity index (χ1n) is 7.82. The molecule has 26 heavy (non-hydrogen) atoms. The minimum Gasteiger partial charge on any atom is -0.337 e. The average Bonchev–Trinajstić information content (AvgIpc) is 3.08. The SMILES string of the molecule is CC(C)n1c(C(F)(F)F)nc2cc(C(=O)N3CCC(N)C3)ccc21.Cl.Cl. The highest BCUT2D eigenvalue weighted by Crippen LogP contribution is 2.34. The van der Waals surface area contributed by atoms with E-state index in [4.69, 9.17) is 5.73 Å². The summed E-state index contributed by atoms with van der Waals surface area (Å²) in [6.07, 6.45) is -3.82. The number of hydrogen-bond donors (Lipinski definition) is 1. The van der Waals surface area contributed by atoms with Crippen LogP contribution < -0.4 is 5.73 Å². The average molecular weight is 413 g/mol. The molecule has 1 unspecified atom stereocenters. The number of hydrogen-bond acceptors (Lipinski definition) is 3. The first-order valence-corrected chi connectivity index (χ1v) is 7.82. The third kappa shape index (κ3) is 4.07. The number of amides is 1. The molecule has 0 spiro atoms. The van der Waals surface area contributed by atoms with E-state index in [0.29, 0.717) is 24.2 Å². The van der Waals surface area contributed by atoms with Gasteiger partial charge in [-0.1, -0.05) is 0 Å². The summed E-state index contributed by atoms with van der Waals surface area (Å²) in [4.78, 5) is 17.8. The number of nitrogens with two attached hydrogens (primary N) is 1. The summed E-state index contributed by atoms with van der Waals surface area (Å²) < 4.78 is 40.8. The van der Waals surface area contributed by atoms with E-state index >= 15 is 0 Å². The standard InChI is InChI=1S/C16H19F3N4O.2ClH/c1-9(2)23-13-4-3-10(14(24)22-6-5-11(20)8-22)7-12(13)21-15(23)16(17,18)19;;/h3-4,7,9,11H,5-6,8,20H2,1-2H3;2*1H. The van der Waals surface area contributed by atoms with Gasteiger partial charge in [-0.25, -0.2) is 4.98 Å². The van der Waals surface area contributed by atoms with Crippen LogP contribution in [0.15, 0.2) is 18.2 Å². The Labute approximate surface area is 161 Å². The Hall–Kier alpha value is -1.51. The van der Waals surface area contributed by atoms with E-state index in [9.17, 15) is 18.0 Å². The lowest BCUT2D eigenvalue weighted by atomic mass is 10.1. The maximum Gasteiger partial charge on any atom is 0.449 e. The zero-order chi connectivity index (χ0) is 17.6. The van der Waals surface area contributed by atoms with Crippen molar-refractivity contribution in [1.82, 2.24) is 14.5 Å². The second-order valence-electron chi connectivity index (χ2n) is 6.40. The summed E-state index contributed by atoms with van der Waals surface area (Å²) in [6.45, 7) is 4.36. The fourth-order valence-electron chi connectivity index (χ4n) is 3.11. The molecule has 1 saturated heterocycles. The lowest BCUT2D eigenvalue weighted by Gasteiger charge is -2.16. The Kier molecular flexibility index (Phi) is 6.95. The number of alkyl halides is 3. The van der Waals surface area contributed by atoms with Crippen LogP contribution in [0.3, 0.4) is 0 Å². The molecule has 2 N–H and O–H groups in total. The van der Waals surface area contributed by atoms with Crippen molar-refractivity contribution in [2.24, 2.45) is 5.73 Å². The number of imidazole rings is 1. The van der Waals surface area contributed by atoms with Crippen molar-refractivity contribution in [3.63, 3.8) is 0 Å². The summed E-state index contributed by atoms with van der Waals surface area (Å²) in [5, 5.41) is 0. The van der Waals surface area contributed by atoms with Crippen molar-refractivity contribution in [1.29, 1.82) is 0 Å². The molecule has 0 aliphatic carbocycles. The number of benzene rings is 1. The highest BCUT2D eigenvalue weighted by Gasteiger charge is 2.38. The van der Waals surface area contributed by atoms with E-state index in [0.717, 1.165) is 11.0 Å². The minimum atomic E-state index is -4.55. The third-order valence-corrected chi connectivity index (χ3v) is 4.22. The van der Waals surface area contributed by atoms with Gasteiger partial charge in [0.25, 0.3) is 5.91 Å². The molecule has 1 atom stereocenters. The summed E-state index contributed by atoms with van der Waals surface area (Å²) in [5.41, 5.74) is 6.67. The largest absolute Gasteiger partial charge is 0.449 e. The van der Waals surface area contributed by atoms with Crippen LogP contribution in [0.4, 0.5) is 13.2 Å². The quantitative estimate of drug-likeness (QED) is 0.818. The minimum absolute atomic E-state index is 0. The molecule has 0 bridgehead atoms. The molecule has 1 aliphatic rings. The van der Waals surface area contributed by atoms with Crippen molar-refractivity contribution in [2.75, 3.05) is 13.1 Å². The van der Waals surface area contributed by atoms with Crippen molar-refractivity contribution >= 4 is 41.8 Å². The normalized spacial score (nSPS) is 17.3. The monoisotopic (exact) mass is 412 g/mol. The molecular weight excluding hydrogens is 392 g/mol. The second-order valence-corrected chi connectivity index (χ2v) is 6.40. The molecule has 5 nitrogen and oxygen atoms in total. The molecule has 1 aliphatic heterocycles. The van der Waals surface area contributed by atoms with Gasteiger partial charge < -0.3 is 15.2 Å². The predicted molar refractivity (Wildman–Crippen MR) is 98.1 cm³/mol. The van der Waals surface area contributed by atoms with Gasteiger partial charge in [0.15, 0.2) is 0 Å². The molecule has 2 heterocycles. The van der Waals surface area contributed by atoms with Gasteiger partial charge in [0.2, 0.25) is 5.82 Å². The van der Waals surface area contributed by atoms with E-state index < -0.39 is 18.0 Å². The molecule has 1 amide bonds. The van der Waals surface area contributed by atoms with Gasteiger partial charge in [-0.05, 0) is 38.5 Å². The van der Waals surface area contributed by atoms with Gasteiger partial charge in [0.1, 0.15) is 0 Å². The second kappa shape index (κ2) is 8.02. The molecule has 146 valence electrons. The zero-order valence-electron chi connectivity index (χ0n) is 14.3. The number of rotatable bonds is 2. The first-order chi connectivity index (χ1) is 11.2. The number of nitrogens with zero attached hydrogens (tertiary/aromatic N) is 3. The third-order valence-electron chi connectivity index (χ3n) is 4.22. The number of likely N-dealkylation sites (tertiary alicyclic amines) is 1. The van der Waals surface area contributed by atoms with Gasteiger partial charge >= 0.3 is 6.18 Å². The fourth-order valence-corrected chi connectivity index (χ4v) is 3.11. The summed E-state index contributed by atoms with van der Waals surface area (Å²) in [6, 6.07) is 4.06. The van der Waals surface area contributed by atoms with Gasteiger partial charge in [-0.15, -0.1) is 24.8 Å². The van der Waals surface area contributed by atoms with Crippen LogP contribution in [0.5, 0.6) is 0 Å². The van der Waals surface area contributed by atoms with Gasteiger partial charge in [0, 0.05) is 30.7 Å². The Morgan fingerprint density at radius 2 is 1.96 bits per heavy atom. The first kappa shape index (κ1) is 22.5. The molecule has 1 aromatic heterocycles. The lowest BCUT2D eigenvalue weighted by Crippen LogP contribution is -2.31. The van der Waals surface area contributed by atoms with E-state index in [1.165, 1.54) is 12.1 Å². The van der Waals surface area contributed by atoms with Crippen LogP contribution in [-0.4, -0.2) is 39.5 Å². The van der Waals surface area contributed by atoms with E-state index in [1.54, 1.807) is 24.8 Å². The molecule has 3 rings (SSSR count). The number of carbonyl (C=O) groups excluding carboxylic acids is 1. The number of carbonyl (C=O) groups is 1. The molecule has 1 aromatic carbocycles. The highest BCUT2D eigenvalue weighted by molar-refractivity contribution is 5.97. The lowest BCUT2D eigenvalue weighted by molar-refractivity contribution is -0.147. The van der Waals surface area contributed by atoms with Crippen molar-refractivity contribution < 1.29 is 18.0 Å². The van der Waals surface area contributed by atoms with E-state index in [2.05, 4.69) is 4.98 Å². The van der Waals surface area contributed by atoms with Crippen LogP contribution in [0.1, 0.15) is 42.5 Å². The Morgan fingerprint density at radius 3 is 2.46 bits per heavy atom. The van der Waals surface area contributed by atoms with Gasteiger partial charge in [0.05, 0.1) is 11.0 Å². The van der Waals surface area contributed by atoms with Crippen molar-refractivity contribution in [2.45, 2.75) is 38.5 Å². The molecule has 1 fully saturated rings. The Bertz CT molecular complexity index is 792. The summed E-state index contributed by atoms with van der Waals surface area (Å²) in [7, 11) is 0. The topological polar surface area (TPSA) is 64.2 Å².